The van der Waals surface area contributed by atoms with Gasteiger partial charge in [-0.05, 0) is 17.7 Å². The van der Waals surface area contributed by atoms with Crippen LogP contribution < -0.4 is 4.72 Å². The smallest absolute Gasteiger partial charge is 0.335 e. The average Bonchev–Trinajstić information content (AvgIpc) is 2.39. The fraction of sp³-hybridized carbons (Fsp3) is 0.0909. The van der Waals surface area contributed by atoms with Crippen molar-refractivity contribution in [3.05, 3.63) is 47.8 Å². The maximum absolute atomic E-state index is 11.9. The van der Waals surface area contributed by atoms with Crippen molar-refractivity contribution in [1.82, 2.24) is 15.2 Å². The Hall–Kier alpha value is -2.55. The summed E-state index contributed by atoms with van der Waals surface area (Å²) in [6.45, 7) is 0. The van der Waals surface area contributed by atoms with Crippen LogP contribution in [-0.4, -0.2) is 34.7 Å². The fourth-order valence-electron chi connectivity index (χ4n) is 1.43. The third-order valence-corrected chi connectivity index (χ3v) is 3.49. The summed E-state index contributed by atoms with van der Waals surface area (Å²) in [5.74, 6) is -1.50. The molecule has 2 aromatic rings. The molecule has 0 unspecified atom stereocenters. The summed E-state index contributed by atoms with van der Waals surface area (Å²) in [7, 11) is -3.68. The predicted octanol–water partition coefficient (Wildman–Crippen LogP) is 0.512. The number of benzene rings is 1. The first-order valence-corrected chi connectivity index (χ1v) is 7.08. The SMILES string of the molecule is O=C(O)c1ccc(CS(=O)(=O)Nc2nccnn2)cc1. The number of carboxylic acid groups (broad SMARTS) is 1. The molecular formula is C11H10N4O4S. The summed E-state index contributed by atoms with van der Waals surface area (Å²) >= 11 is 0. The lowest BCUT2D eigenvalue weighted by molar-refractivity contribution is 0.0697. The van der Waals surface area contributed by atoms with E-state index in [1.807, 2.05) is 0 Å². The Morgan fingerprint density at radius 2 is 1.90 bits per heavy atom. The molecule has 1 aromatic heterocycles. The highest BCUT2D eigenvalue weighted by molar-refractivity contribution is 7.91. The quantitative estimate of drug-likeness (QED) is 0.823. The highest BCUT2D eigenvalue weighted by atomic mass is 32.2. The van der Waals surface area contributed by atoms with Crippen LogP contribution >= 0.6 is 0 Å². The third-order valence-electron chi connectivity index (χ3n) is 2.29. The van der Waals surface area contributed by atoms with Crippen molar-refractivity contribution in [3.8, 4) is 0 Å². The zero-order valence-corrected chi connectivity index (χ0v) is 10.9. The van der Waals surface area contributed by atoms with Gasteiger partial charge in [0.1, 0.15) is 0 Å². The number of nitrogens with zero attached hydrogens (tertiary/aromatic N) is 3. The molecule has 2 N–H and O–H groups in total. The molecule has 20 heavy (non-hydrogen) atoms. The van der Waals surface area contributed by atoms with Crippen LogP contribution in [0.3, 0.4) is 0 Å². The second kappa shape index (κ2) is 5.61. The minimum Gasteiger partial charge on any atom is -0.478 e. The van der Waals surface area contributed by atoms with Gasteiger partial charge in [-0.2, -0.15) is 5.10 Å². The number of anilines is 1. The molecule has 0 saturated heterocycles. The summed E-state index contributed by atoms with van der Waals surface area (Å²) in [6.07, 6.45) is 2.63. The molecule has 0 atom stereocenters. The lowest BCUT2D eigenvalue weighted by Crippen LogP contribution is -2.17. The van der Waals surface area contributed by atoms with Gasteiger partial charge in [0.05, 0.1) is 23.7 Å². The van der Waals surface area contributed by atoms with E-state index in [2.05, 4.69) is 19.9 Å². The molecule has 0 fully saturated rings. The maximum Gasteiger partial charge on any atom is 0.335 e. The summed E-state index contributed by atoms with van der Waals surface area (Å²) in [5.41, 5.74) is 0.543. The van der Waals surface area contributed by atoms with Gasteiger partial charge in [0, 0.05) is 0 Å². The number of carboxylic acids is 1. The minimum absolute atomic E-state index is 0.0923. The van der Waals surface area contributed by atoms with Gasteiger partial charge in [-0.15, -0.1) is 5.10 Å². The number of aromatic carboxylic acids is 1. The van der Waals surface area contributed by atoms with Crippen LogP contribution in [0.4, 0.5) is 5.95 Å². The summed E-state index contributed by atoms with van der Waals surface area (Å²) in [5, 5.41) is 15.8. The van der Waals surface area contributed by atoms with Crippen molar-refractivity contribution < 1.29 is 18.3 Å². The van der Waals surface area contributed by atoms with E-state index in [9.17, 15) is 13.2 Å². The Morgan fingerprint density at radius 3 is 2.45 bits per heavy atom. The van der Waals surface area contributed by atoms with E-state index in [1.54, 1.807) is 0 Å². The van der Waals surface area contributed by atoms with E-state index in [1.165, 1.54) is 36.7 Å². The van der Waals surface area contributed by atoms with Crippen molar-refractivity contribution in [3.63, 3.8) is 0 Å². The van der Waals surface area contributed by atoms with Crippen LogP contribution in [0.15, 0.2) is 36.7 Å². The molecule has 9 heteroatoms. The second-order valence-corrected chi connectivity index (χ2v) is 5.55. The summed E-state index contributed by atoms with van der Waals surface area (Å²) in [6, 6.07) is 5.56. The fourth-order valence-corrected chi connectivity index (χ4v) is 2.51. The van der Waals surface area contributed by atoms with E-state index in [4.69, 9.17) is 5.11 Å². The first kappa shape index (κ1) is 13.9. The molecular weight excluding hydrogens is 284 g/mol. The molecule has 0 amide bonds. The van der Waals surface area contributed by atoms with Gasteiger partial charge in [0.15, 0.2) is 0 Å². The Morgan fingerprint density at radius 1 is 1.20 bits per heavy atom. The predicted molar refractivity (Wildman–Crippen MR) is 69.5 cm³/mol. The normalized spacial score (nSPS) is 11.0. The van der Waals surface area contributed by atoms with Crippen molar-refractivity contribution in [2.24, 2.45) is 0 Å². The first-order chi connectivity index (χ1) is 9.46. The van der Waals surface area contributed by atoms with Gasteiger partial charge in [0.2, 0.25) is 10.0 Å². The van der Waals surface area contributed by atoms with E-state index >= 15 is 0 Å². The number of sulfonamides is 1. The van der Waals surface area contributed by atoms with Gasteiger partial charge in [0.25, 0.3) is 5.95 Å². The zero-order valence-electron chi connectivity index (χ0n) is 10.1. The Bertz CT molecular complexity index is 701. The van der Waals surface area contributed by atoms with Crippen LogP contribution in [-0.2, 0) is 15.8 Å². The summed E-state index contributed by atoms with van der Waals surface area (Å²) in [4.78, 5) is 14.4. The van der Waals surface area contributed by atoms with Crippen LogP contribution in [0, 0.1) is 0 Å². The lowest BCUT2D eigenvalue weighted by Gasteiger charge is -2.06. The topological polar surface area (TPSA) is 122 Å². The molecule has 0 aliphatic rings. The number of hydrogen-bond donors (Lipinski definition) is 2. The van der Waals surface area contributed by atoms with Gasteiger partial charge in [-0.3, -0.25) is 0 Å². The summed E-state index contributed by atoms with van der Waals surface area (Å²) < 4.78 is 25.9. The Balaban J connectivity index is 2.10. The molecule has 0 spiro atoms. The minimum atomic E-state index is -3.68. The van der Waals surface area contributed by atoms with E-state index < -0.39 is 16.0 Å². The Kier molecular flexibility index (Phi) is 3.89. The second-order valence-electron chi connectivity index (χ2n) is 3.83. The van der Waals surface area contributed by atoms with Crippen molar-refractivity contribution in [2.75, 3.05) is 4.72 Å². The molecule has 0 bridgehead atoms. The molecule has 104 valence electrons. The third kappa shape index (κ3) is 3.72. The molecule has 0 aliphatic carbocycles. The molecule has 1 heterocycles. The maximum atomic E-state index is 11.9. The van der Waals surface area contributed by atoms with Crippen molar-refractivity contribution in [1.29, 1.82) is 0 Å². The molecule has 2 rings (SSSR count). The monoisotopic (exact) mass is 294 g/mol. The average molecular weight is 294 g/mol. The lowest BCUT2D eigenvalue weighted by atomic mass is 10.1. The van der Waals surface area contributed by atoms with Crippen LogP contribution in [0.5, 0.6) is 0 Å². The molecule has 1 aromatic carbocycles. The van der Waals surface area contributed by atoms with Gasteiger partial charge in [-0.1, -0.05) is 12.1 Å². The standard InChI is InChI=1S/C11H10N4O4S/c16-10(17)9-3-1-8(2-4-9)7-20(18,19)15-11-12-5-6-13-14-11/h1-6H,7H2,(H,16,17)(H,12,14,15). The van der Waals surface area contributed by atoms with Gasteiger partial charge < -0.3 is 5.11 Å². The number of carbonyl (C=O) groups is 1. The highest BCUT2D eigenvalue weighted by Crippen LogP contribution is 2.10. The molecule has 0 saturated carbocycles. The first-order valence-electron chi connectivity index (χ1n) is 5.43. The number of rotatable bonds is 5. The number of nitrogens with one attached hydrogen (secondary N) is 1. The molecule has 0 radical (unpaired) electrons. The van der Waals surface area contributed by atoms with E-state index in [-0.39, 0.29) is 17.3 Å². The molecule has 8 nitrogen and oxygen atoms in total. The number of hydrogen-bond acceptors (Lipinski definition) is 6. The van der Waals surface area contributed by atoms with Crippen LogP contribution in [0.1, 0.15) is 15.9 Å². The van der Waals surface area contributed by atoms with Crippen molar-refractivity contribution in [2.45, 2.75) is 5.75 Å². The molecule has 0 aliphatic heterocycles. The van der Waals surface area contributed by atoms with E-state index in [0.717, 1.165) is 0 Å². The Labute approximate surface area is 114 Å². The van der Waals surface area contributed by atoms with Crippen molar-refractivity contribution >= 4 is 21.9 Å². The van der Waals surface area contributed by atoms with Gasteiger partial charge in [-0.25, -0.2) is 22.9 Å². The van der Waals surface area contributed by atoms with Crippen LogP contribution in [0.2, 0.25) is 0 Å². The van der Waals surface area contributed by atoms with Gasteiger partial charge >= 0.3 is 5.97 Å². The highest BCUT2D eigenvalue weighted by Gasteiger charge is 2.13. The zero-order chi connectivity index (χ0) is 14.6. The largest absolute Gasteiger partial charge is 0.478 e. The number of aromatic nitrogens is 3. The van der Waals surface area contributed by atoms with E-state index in [0.29, 0.717) is 5.56 Å². The van der Waals surface area contributed by atoms with Crippen LogP contribution in [0.25, 0.3) is 0 Å².